The fourth-order valence-corrected chi connectivity index (χ4v) is 2.07. The highest BCUT2D eigenvalue weighted by molar-refractivity contribution is 5.72. The molecule has 1 rings (SSSR count). The molecule has 4 heteroatoms. The Bertz CT molecular complexity index is 343. The molecule has 0 aliphatic rings. The van der Waals surface area contributed by atoms with Gasteiger partial charge < -0.3 is 22.9 Å². The van der Waals surface area contributed by atoms with Crippen LogP contribution in [0, 0.1) is 5.92 Å². The Kier molecular flexibility index (Phi) is 8.42. The lowest BCUT2D eigenvalue weighted by molar-refractivity contribution is -0.430. The third-order valence-electron chi connectivity index (χ3n) is 3.01. The molecule has 18 heavy (non-hydrogen) atoms. The number of methoxy groups -OCH3 is 1. The van der Waals surface area contributed by atoms with Crippen LogP contribution in [-0.4, -0.2) is 19.1 Å². The summed E-state index contributed by atoms with van der Waals surface area (Å²) in [5.74, 6) is -0.229. The molecular formula is C14H22ClNO2. The Morgan fingerprint density at radius 2 is 1.94 bits per heavy atom. The molecule has 1 aromatic rings. The maximum Gasteiger partial charge on any atom is 0.314 e. The molecule has 3 N–H and O–H groups in total. The van der Waals surface area contributed by atoms with E-state index in [4.69, 9.17) is 4.74 Å². The van der Waals surface area contributed by atoms with Gasteiger partial charge in [0, 0.05) is 6.42 Å². The number of halogens is 1. The standard InChI is InChI=1S/C14H21NO2.ClH/c1-3-7-12(14(16)17-2)13(15)10-11-8-5-4-6-9-11;/h4-6,8-9,12-13H,3,7,10,15H2,1-2H3;1H/t12-,13-;/m1./s1. The molecule has 0 aromatic heterocycles. The van der Waals surface area contributed by atoms with Crippen LogP contribution in [0.2, 0.25) is 0 Å². The highest BCUT2D eigenvalue weighted by Crippen LogP contribution is 2.14. The molecule has 0 heterocycles. The van der Waals surface area contributed by atoms with Gasteiger partial charge in [0.25, 0.3) is 0 Å². The van der Waals surface area contributed by atoms with Crippen LogP contribution in [0.5, 0.6) is 0 Å². The lowest BCUT2D eigenvalue weighted by Crippen LogP contribution is -3.00. The van der Waals surface area contributed by atoms with Crippen molar-refractivity contribution in [1.29, 1.82) is 0 Å². The third-order valence-corrected chi connectivity index (χ3v) is 3.01. The van der Waals surface area contributed by atoms with E-state index in [2.05, 4.69) is 24.8 Å². The van der Waals surface area contributed by atoms with Gasteiger partial charge in [-0.1, -0.05) is 43.7 Å². The van der Waals surface area contributed by atoms with Crippen molar-refractivity contribution in [2.75, 3.05) is 7.11 Å². The molecule has 0 amide bonds. The molecule has 0 radical (unpaired) electrons. The number of hydrogen-bond donors (Lipinski definition) is 1. The van der Waals surface area contributed by atoms with Gasteiger partial charge in [0.15, 0.2) is 0 Å². The summed E-state index contributed by atoms with van der Waals surface area (Å²) in [6.45, 7) is 2.07. The zero-order valence-electron chi connectivity index (χ0n) is 11.1. The molecular weight excluding hydrogens is 250 g/mol. The highest BCUT2D eigenvalue weighted by Gasteiger charge is 2.28. The van der Waals surface area contributed by atoms with E-state index in [0.29, 0.717) is 0 Å². The molecule has 0 fully saturated rings. The first-order valence-electron chi connectivity index (χ1n) is 6.13. The molecule has 0 saturated heterocycles. The average Bonchev–Trinajstić information content (AvgIpc) is 2.36. The topological polar surface area (TPSA) is 53.9 Å². The third kappa shape index (κ3) is 5.07. The summed E-state index contributed by atoms with van der Waals surface area (Å²) in [7, 11) is 1.44. The Balaban J connectivity index is 0.00000289. The first-order valence-corrected chi connectivity index (χ1v) is 6.13. The number of esters is 1. The number of benzene rings is 1. The number of carbonyl (C=O) groups is 1. The molecule has 0 unspecified atom stereocenters. The lowest BCUT2D eigenvalue weighted by atomic mass is 9.91. The summed E-state index contributed by atoms with van der Waals surface area (Å²) < 4.78 is 4.84. The minimum absolute atomic E-state index is 0. The fraction of sp³-hybridized carbons (Fsp3) is 0.500. The SMILES string of the molecule is CCC[C@@H](C(=O)OC)[C@H]([NH3+])Cc1ccccc1.[Cl-]. The summed E-state index contributed by atoms with van der Waals surface area (Å²) in [5, 5.41) is 0. The summed E-state index contributed by atoms with van der Waals surface area (Å²) in [6, 6.07) is 10.2. The number of ether oxygens (including phenoxy) is 1. The van der Waals surface area contributed by atoms with E-state index in [1.807, 2.05) is 18.2 Å². The molecule has 3 nitrogen and oxygen atoms in total. The van der Waals surface area contributed by atoms with Gasteiger partial charge in [0.05, 0.1) is 7.11 Å². The first kappa shape index (κ1) is 16.9. The number of hydrogen-bond acceptors (Lipinski definition) is 2. The van der Waals surface area contributed by atoms with Crippen molar-refractivity contribution in [3.8, 4) is 0 Å². The van der Waals surface area contributed by atoms with Crippen molar-refractivity contribution in [3.05, 3.63) is 35.9 Å². The molecule has 0 aliphatic heterocycles. The number of carbonyl (C=O) groups excluding carboxylic acids is 1. The van der Waals surface area contributed by atoms with Gasteiger partial charge >= 0.3 is 5.97 Å². The highest BCUT2D eigenvalue weighted by atomic mass is 35.5. The van der Waals surface area contributed by atoms with E-state index < -0.39 is 0 Å². The van der Waals surface area contributed by atoms with E-state index in [-0.39, 0.29) is 30.3 Å². The number of quaternary nitrogens is 1. The maximum atomic E-state index is 11.7. The van der Waals surface area contributed by atoms with Crippen LogP contribution in [0.25, 0.3) is 0 Å². The van der Waals surface area contributed by atoms with Gasteiger partial charge in [-0.2, -0.15) is 0 Å². The molecule has 0 bridgehead atoms. The molecule has 0 saturated carbocycles. The Morgan fingerprint density at radius 1 is 1.33 bits per heavy atom. The molecule has 2 atom stereocenters. The Morgan fingerprint density at radius 3 is 2.44 bits per heavy atom. The van der Waals surface area contributed by atoms with Gasteiger partial charge in [-0.3, -0.25) is 4.79 Å². The minimum atomic E-state index is -0.136. The van der Waals surface area contributed by atoms with Crippen LogP contribution in [0.3, 0.4) is 0 Å². The van der Waals surface area contributed by atoms with Crippen molar-refractivity contribution in [2.24, 2.45) is 5.92 Å². The smallest absolute Gasteiger partial charge is 0.314 e. The predicted octanol–water partition coefficient (Wildman–Crippen LogP) is -1.57. The summed E-state index contributed by atoms with van der Waals surface area (Å²) in [6.07, 6.45) is 2.63. The molecule has 102 valence electrons. The van der Waals surface area contributed by atoms with Crippen LogP contribution < -0.4 is 18.1 Å². The van der Waals surface area contributed by atoms with Crippen LogP contribution in [0.1, 0.15) is 25.3 Å². The quantitative estimate of drug-likeness (QED) is 0.636. The zero-order chi connectivity index (χ0) is 12.7. The Hall–Kier alpha value is -1.06. The zero-order valence-corrected chi connectivity index (χ0v) is 11.8. The van der Waals surface area contributed by atoms with Gasteiger partial charge in [-0.25, -0.2) is 0 Å². The lowest BCUT2D eigenvalue weighted by Gasteiger charge is -2.18. The van der Waals surface area contributed by atoms with Crippen molar-refractivity contribution in [2.45, 2.75) is 32.2 Å². The van der Waals surface area contributed by atoms with E-state index >= 15 is 0 Å². The van der Waals surface area contributed by atoms with E-state index in [9.17, 15) is 4.79 Å². The van der Waals surface area contributed by atoms with Crippen LogP contribution in [0.4, 0.5) is 0 Å². The van der Waals surface area contributed by atoms with Gasteiger partial charge in [0.1, 0.15) is 12.0 Å². The van der Waals surface area contributed by atoms with Crippen LogP contribution in [0.15, 0.2) is 30.3 Å². The second-order valence-corrected chi connectivity index (χ2v) is 4.37. The summed E-state index contributed by atoms with van der Waals surface area (Å²) >= 11 is 0. The molecule has 0 spiro atoms. The summed E-state index contributed by atoms with van der Waals surface area (Å²) in [4.78, 5) is 11.7. The first-order chi connectivity index (χ1) is 8.19. The predicted molar refractivity (Wildman–Crippen MR) is 67.2 cm³/mol. The average molecular weight is 272 g/mol. The maximum absolute atomic E-state index is 11.7. The van der Waals surface area contributed by atoms with E-state index in [1.54, 1.807) is 0 Å². The van der Waals surface area contributed by atoms with Gasteiger partial charge in [-0.05, 0) is 12.0 Å². The fourth-order valence-electron chi connectivity index (χ4n) is 2.07. The second-order valence-electron chi connectivity index (χ2n) is 4.37. The van der Waals surface area contributed by atoms with Gasteiger partial charge in [-0.15, -0.1) is 0 Å². The largest absolute Gasteiger partial charge is 1.00 e. The Labute approximate surface area is 115 Å². The minimum Gasteiger partial charge on any atom is -1.00 e. The van der Waals surface area contributed by atoms with Crippen LogP contribution in [-0.2, 0) is 16.0 Å². The second kappa shape index (κ2) is 8.95. The normalized spacial score (nSPS) is 13.3. The molecule has 1 aromatic carbocycles. The van der Waals surface area contributed by atoms with Crippen molar-refractivity contribution in [1.82, 2.24) is 0 Å². The summed E-state index contributed by atoms with van der Waals surface area (Å²) in [5.41, 5.74) is 5.34. The monoisotopic (exact) mass is 271 g/mol. The van der Waals surface area contributed by atoms with Crippen molar-refractivity contribution < 1.29 is 27.7 Å². The van der Waals surface area contributed by atoms with E-state index in [0.717, 1.165) is 19.3 Å². The van der Waals surface area contributed by atoms with Gasteiger partial charge in [0.2, 0.25) is 0 Å². The molecule has 0 aliphatic carbocycles. The van der Waals surface area contributed by atoms with Crippen molar-refractivity contribution >= 4 is 5.97 Å². The van der Waals surface area contributed by atoms with Crippen LogP contribution >= 0.6 is 0 Å². The van der Waals surface area contributed by atoms with Crippen molar-refractivity contribution in [3.63, 3.8) is 0 Å². The van der Waals surface area contributed by atoms with E-state index in [1.165, 1.54) is 12.7 Å². The number of rotatable bonds is 6.